The second-order valence-electron chi connectivity index (χ2n) is 3.43. The molecular formula is C10H19ClN4O3. The van der Waals surface area contributed by atoms with Crippen LogP contribution in [0.5, 0.6) is 11.8 Å². The van der Waals surface area contributed by atoms with Gasteiger partial charge < -0.3 is 19.1 Å². The monoisotopic (exact) mass is 278 g/mol. The van der Waals surface area contributed by atoms with Crippen molar-refractivity contribution in [3.63, 3.8) is 0 Å². The number of methoxy groups -OCH3 is 2. The highest BCUT2D eigenvalue weighted by Crippen LogP contribution is 2.09. The van der Waals surface area contributed by atoms with Gasteiger partial charge in [0.15, 0.2) is 0 Å². The van der Waals surface area contributed by atoms with E-state index in [1.807, 2.05) is 0 Å². The second-order valence-corrected chi connectivity index (χ2v) is 3.43. The normalized spacial score (nSPS) is 14.8. The molecule has 1 fully saturated rings. The first-order valence-corrected chi connectivity index (χ1v) is 5.31. The van der Waals surface area contributed by atoms with Gasteiger partial charge in [-0.3, -0.25) is 0 Å². The number of ether oxygens (including phenoxy) is 3. The minimum atomic E-state index is 0. The van der Waals surface area contributed by atoms with Crippen LogP contribution in [-0.2, 0) is 4.74 Å². The Balaban J connectivity index is 0.000000321. The number of nitrogens with zero attached hydrogens (tertiary/aromatic N) is 4. The number of likely N-dealkylation sites (N-methyl/N-ethyl adjacent to an activating group) is 1. The summed E-state index contributed by atoms with van der Waals surface area (Å²) in [6.45, 7) is 4.02. The second kappa shape index (κ2) is 9.81. The van der Waals surface area contributed by atoms with Crippen molar-refractivity contribution in [1.29, 1.82) is 0 Å². The standard InChI is InChI=1S/C5H7N3O2.C5H11NO.ClH/c1-9-4-3-5(10-2)7-8-6-4;1-6-2-4-7-5-3-6;/h3H,1-2H3;2-5H2,1H3;1H. The van der Waals surface area contributed by atoms with Crippen molar-refractivity contribution >= 4 is 12.4 Å². The van der Waals surface area contributed by atoms with Crippen LogP contribution in [-0.4, -0.2) is 67.9 Å². The fourth-order valence-corrected chi connectivity index (χ4v) is 1.13. The van der Waals surface area contributed by atoms with Crippen molar-refractivity contribution in [3.8, 4) is 11.8 Å². The van der Waals surface area contributed by atoms with E-state index in [1.54, 1.807) is 6.07 Å². The lowest BCUT2D eigenvalue weighted by molar-refractivity contribution is 0.0503. The van der Waals surface area contributed by atoms with Gasteiger partial charge in [0.05, 0.1) is 33.5 Å². The molecule has 104 valence electrons. The average Bonchev–Trinajstić information content (AvgIpc) is 2.40. The highest BCUT2D eigenvalue weighted by molar-refractivity contribution is 5.85. The first kappa shape index (κ1) is 16.8. The molecule has 2 heterocycles. The molecule has 8 heteroatoms. The Morgan fingerprint density at radius 3 is 1.94 bits per heavy atom. The summed E-state index contributed by atoms with van der Waals surface area (Å²) in [6, 6.07) is 1.55. The molecule has 0 aromatic carbocycles. The van der Waals surface area contributed by atoms with E-state index in [0.29, 0.717) is 11.8 Å². The topological polar surface area (TPSA) is 69.6 Å². The van der Waals surface area contributed by atoms with Crippen LogP contribution in [0, 0.1) is 0 Å². The van der Waals surface area contributed by atoms with Gasteiger partial charge in [-0.25, -0.2) is 0 Å². The predicted molar refractivity (Wildman–Crippen MR) is 68.5 cm³/mol. The minimum absolute atomic E-state index is 0. The highest BCUT2D eigenvalue weighted by atomic mass is 35.5. The number of rotatable bonds is 2. The number of halogens is 1. The van der Waals surface area contributed by atoms with Crippen LogP contribution in [0.2, 0.25) is 0 Å². The molecule has 1 aliphatic heterocycles. The third kappa shape index (κ3) is 6.53. The van der Waals surface area contributed by atoms with Crippen LogP contribution in [0.1, 0.15) is 0 Å². The van der Waals surface area contributed by atoms with Crippen molar-refractivity contribution in [3.05, 3.63) is 6.07 Å². The van der Waals surface area contributed by atoms with E-state index in [2.05, 4.69) is 27.4 Å². The summed E-state index contributed by atoms with van der Waals surface area (Å²) in [5.74, 6) is 0.790. The van der Waals surface area contributed by atoms with E-state index in [9.17, 15) is 0 Å². The van der Waals surface area contributed by atoms with Crippen molar-refractivity contribution in [2.24, 2.45) is 0 Å². The predicted octanol–water partition coefficient (Wildman–Crippen LogP) is 0.259. The average molecular weight is 279 g/mol. The molecule has 2 rings (SSSR count). The molecule has 0 spiro atoms. The van der Waals surface area contributed by atoms with Gasteiger partial charge in [0.1, 0.15) is 0 Å². The summed E-state index contributed by atoms with van der Waals surface area (Å²) in [5, 5.41) is 10.5. The van der Waals surface area contributed by atoms with Gasteiger partial charge in [-0.2, -0.15) is 0 Å². The lowest BCUT2D eigenvalue weighted by Gasteiger charge is -2.21. The molecule has 0 radical (unpaired) electrons. The first-order chi connectivity index (χ1) is 8.26. The smallest absolute Gasteiger partial charge is 0.240 e. The van der Waals surface area contributed by atoms with Crippen LogP contribution < -0.4 is 9.47 Å². The molecule has 18 heavy (non-hydrogen) atoms. The summed E-state index contributed by atoms with van der Waals surface area (Å²) in [7, 11) is 5.12. The molecule has 0 N–H and O–H groups in total. The Kier molecular flexibility index (Phi) is 9.17. The molecule has 0 unspecified atom stereocenters. The zero-order valence-corrected chi connectivity index (χ0v) is 11.6. The molecule has 0 saturated carbocycles. The number of morpholine rings is 1. The van der Waals surface area contributed by atoms with Crippen LogP contribution in [0.4, 0.5) is 0 Å². The summed E-state index contributed by atoms with van der Waals surface area (Å²) in [4.78, 5) is 2.27. The van der Waals surface area contributed by atoms with Crippen molar-refractivity contribution in [2.75, 3.05) is 47.6 Å². The van der Waals surface area contributed by atoms with Crippen LogP contribution >= 0.6 is 12.4 Å². The number of hydrogen-bond donors (Lipinski definition) is 0. The fourth-order valence-electron chi connectivity index (χ4n) is 1.13. The third-order valence-corrected chi connectivity index (χ3v) is 2.19. The Labute approximate surface area is 113 Å². The lowest BCUT2D eigenvalue weighted by atomic mass is 10.5. The van der Waals surface area contributed by atoms with Gasteiger partial charge in [0.25, 0.3) is 0 Å². The van der Waals surface area contributed by atoms with E-state index < -0.39 is 0 Å². The van der Waals surface area contributed by atoms with Crippen LogP contribution in [0.15, 0.2) is 6.07 Å². The largest absolute Gasteiger partial charge is 0.480 e. The lowest BCUT2D eigenvalue weighted by Crippen LogP contribution is -2.32. The van der Waals surface area contributed by atoms with Crippen molar-refractivity contribution in [2.45, 2.75) is 0 Å². The summed E-state index contributed by atoms with van der Waals surface area (Å²) >= 11 is 0. The fraction of sp³-hybridized carbons (Fsp3) is 0.700. The van der Waals surface area contributed by atoms with Gasteiger partial charge in [-0.05, 0) is 12.3 Å². The molecule has 0 bridgehead atoms. The van der Waals surface area contributed by atoms with Gasteiger partial charge >= 0.3 is 0 Å². The summed E-state index contributed by atoms with van der Waals surface area (Å²) < 4.78 is 14.6. The maximum absolute atomic E-state index is 5.10. The highest BCUT2D eigenvalue weighted by Gasteiger charge is 2.02. The van der Waals surface area contributed by atoms with E-state index in [4.69, 9.17) is 14.2 Å². The van der Waals surface area contributed by atoms with Crippen molar-refractivity contribution in [1.82, 2.24) is 20.3 Å². The van der Waals surface area contributed by atoms with E-state index in [1.165, 1.54) is 14.2 Å². The molecule has 1 aliphatic rings. The SMILES string of the molecule is CN1CCOCC1.COc1cc(OC)nnn1.Cl. The molecule has 1 aromatic rings. The maximum atomic E-state index is 5.10. The summed E-state index contributed by atoms with van der Waals surface area (Å²) in [6.07, 6.45) is 0. The molecule has 1 saturated heterocycles. The Morgan fingerprint density at radius 1 is 1.11 bits per heavy atom. The molecule has 0 amide bonds. The van der Waals surface area contributed by atoms with Gasteiger partial charge in [-0.15, -0.1) is 12.4 Å². The summed E-state index contributed by atoms with van der Waals surface area (Å²) in [5.41, 5.74) is 0. The zero-order chi connectivity index (χ0) is 12.5. The van der Waals surface area contributed by atoms with E-state index in [0.717, 1.165) is 26.3 Å². The van der Waals surface area contributed by atoms with E-state index >= 15 is 0 Å². The zero-order valence-electron chi connectivity index (χ0n) is 10.8. The first-order valence-electron chi connectivity index (χ1n) is 5.31. The Bertz CT molecular complexity index is 304. The number of hydrogen-bond acceptors (Lipinski definition) is 7. The van der Waals surface area contributed by atoms with Gasteiger partial charge in [0, 0.05) is 13.1 Å². The van der Waals surface area contributed by atoms with Crippen molar-refractivity contribution < 1.29 is 14.2 Å². The molecule has 0 atom stereocenters. The van der Waals surface area contributed by atoms with Gasteiger partial charge in [-0.1, -0.05) is 10.2 Å². The quantitative estimate of drug-likeness (QED) is 0.768. The van der Waals surface area contributed by atoms with E-state index in [-0.39, 0.29) is 12.4 Å². The molecule has 1 aromatic heterocycles. The van der Waals surface area contributed by atoms with Crippen LogP contribution in [0.25, 0.3) is 0 Å². The van der Waals surface area contributed by atoms with Crippen LogP contribution in [0.3, 0.4) is 0 Å². The minimum Gasteiger partial charge on any atom is -0.480 e. The Morgan fingerprint density at radius 2 is 1.61 bits per heavy atom. The number of aromatic nitrogens is 3. The molecule has 7 nitrogen and oxygen atoms in total. The maximum Gasteiger partial charge on any atom is 0.240 e. The molecular weight excluding hydrogens is 260 g/mol. The van der Waals surface area contributed by atoms with Gasteiger partial charge in [0.2, 0.25) is 11.8 Å². The molecule has 0 aliphatic carbocycles. The third-order valence-electron chi connectivity index (χ3n) is 2.19. The Hall–Kier alpha value is -1.18.